The van der Waals surface area contributed by atoms with Crippen LogP contribution in [-0.4, -0.2) is 4.98 Å². The van der Waals surface area contributed by atoms with Gasteiger partial charge in [-0.3, -0.25) is 4.98 Å². The maximum absolute atomic E-state index is 9.21. The fourth-order valence-corrected chi connectivity index (χ4v) is 3.83. The second kappa shape index (κ2) is 7.64. The molecule has 2 nitrogen and oxygen atoms in total. The first-order valence-electron chi connectivity index (χ1n) is 7.28. The van der Waals surface area contributed by atoms with Gasteiger partial charge in [0.1, 0.15) is 0 Å². The van der Waals surface area contributed by atoms with Crippen molar-refractivity contribution in [3.63, 3.8) is 0 Å². The quantitative estimate of drug-likeness (QED) is 0.464. The van der Waals surface area contributed by atoms with E-state index in [9.17, 15) is 5.26 Å². The van der Waals surface area contributed by atoms with E-state index in [0.717, 1.165) is 5.56 Å². The zero-order chi connectivity index (χ0) is 18.0. The number of nitriles is 1. The molecule has 0 aliphatic rings. The van der Waals surface area contributed by atoms with E-state index >= 15 is 0 Å². The van der Waals surface area contributed by atoms with Crippen molar-refractivity contribution in [3.05, 3.63) is 74.3 Å². The van der Waals surface area contributed by atoms with Crippen LogP contribution in [0, 0.1) is 11.3 Å². The number of rotatable bonds is 3. The van der Waals surface area contributed by atoms with Crippen molar-refractivity contribution < 1.29 is 0 Å². The molecule has 0 spiro atoms. The summed E-state index contributed by atoms with van der Waals surface area (Å²) >= 11 is 25.6. The molecule has 1 heterocycles. The second-order valence-electron chi connectivity index (χ2n) is 5.22. The molecule has 124 valence electrons. The predicted molar refractivity (Wildman–Crippen MR) is 104 cm³/mol. The van der Waals surface area contributed by atoms with Gasteiger partial charge in [-0.15, -0.1) is 0 Å². The van der Waals surface area contributed by atoms with Crippen molar-refractivity contribution in [3.8, 4) is 28.5 Å². The lowest BCUT2D eigenvalue weighted by Gasteiger charge is -2.17. The summed E-state index contributed by atoms with van der Waals surface area (Å²) in [7, 11) is 0. The Bertz CT molecular complexity index is 953. The number of benzene rings is 2. The van der Waals surface area contributed by atoms with Crippen LogP contribution in [0.25, 0.3) is 22.4 Å². The molecule has 0 N–H and O–H groups in total. The van der Waals surface area contributed by atoms with E-state index in [1.165, 1.54) is 0 Å². The zero-order valence-electron chi connectivity index (χ0n) is 12.7. The average Bonchev–Trinajstić information content (AvgIpc) is 2.56. The Morgan fingerprint density at radius 3 is 1.80 bits per heavy atom. The molecule has 0 aliphatic heterocycles. The first kappa shape index (κ1) is 18.0. The molecule has 0 amide bonds. The van der Waals surface area contributed by atoms with Gasteiger partial charge in [0, 0.05) is 32.9 Å². The largest absolute Gasteiger partial charge is 0.255 e. The Hall–Kier alpha value is -1.76. The van der Waals surface area contributed by atoms with Crippen molar-refractivity contribution in [2.24, 2.45) is 0 Å². The van der Waals surface area contributed by atoms with Gasteiger partial charge in [0.05, 0.1) is 28.2 Å². The first-order valence-corrected chi connectivity index (χ1v) is 8.79. The van der Waals surface area contributed by atoms with Crippen LogP contribution < -0.4 is 0 Å². The second-order valence-corrected chi connectivity index (χ2v) is 6.85. The predicted octanol–water partition coefficient (Wildman–Crippen LogP) is 7.10. The van der Waals surface area contributed by atoms with Crippen LogP contribution in [0.1, 0.15) is 5.56 Å². The zero-order valence-corrected chi connectivity index (χ0v) is 15.8. The fraction of sp³-hybridized carbons (Fsp3) is 0.0526. The SMILES string of the molecule is N#CCc1ccnc(-c2c(Cl)cccc2Cl)c1-c1c(Cl)cccc1Cl. The standard InChI is InChI=1S/C19H10Cl4N2/c20-12-3-1-4-13(21)17(12)16-11(7-9-24)8-10-25-19(16)18-14(22)5-2-6-15(18)23/h1-6,8,10H,7H2. The molecule has 2 aromatic carbocycles. The van der Waals surface area contributed by atoms with Crippen molar-refractivity contribution >= 4 is 46.4 Å². The number of halogens is 4. The average molecular weight is 408 g/mol. The molecule has 3 aromatic rings. The third kappa shape index (κ3) is 3.47. The van der Waals surface area contributed by atoms with Crippen LogP contribution in [-0.2, 0) is 6.42 Å². The van der Waals surface area contributed by atoms with E-state index < -0.39 is 0 Å². The van der Waals surface area contributed by atoms with Crippen LogP contribution in [0.3, 0.4) is 0 Å². The third-order valence-corrected chi connectivity index (χ3v) is 4.98. The van der Waals surface area contributed by atoms with Gasteiger partial charge >= 0.3 is 0 Å². The summed E-state index contributed by atoms with van der Waals surface area (Å²) in [5.41, 5.74) is 3.14. The molecule has 6 heteroatoms. The summed E-state index contributed by atoms with van der Waals surface area (Å²) in [6.07, 6.45) is 1.80. The maximum atomic E-state index is 9.21. The summed E-state index contributed by atoms with van der Waals surface area (Å²) in [5, 5.41) is 11.1. The number of aromatic nitrogens is 1. The Morgan fingerprint density at radius 2 is 1.28 bits per heavy atom. The van der Waals surface area contributed by atoms with Gasteiger partial charge in [-0.25, -0.2) is 0 Å². The lowest BCUT2D eigenvalue weighted by atomic mass is 9.93. The van der Waals surface area contributed by atoms with E-state index in [4.69, 9.17) is 46.4 Å². The monoisotopic (exact) mass is 406 g/mol. The fourth-order valence-electron chi connectivity index (χ4n) is 2.66. The Kier molecular flexibility index (Phi) is 5.51. The van der Waals surface area contributed by atoms with E-state index in [-0.39, 0.29) is 6.42 Å². The minimum absolute atomic E-state index is 0.175. The van der Waals surface area contributed by atoms with Gasteiger partial charge in [0.2, 0.25) is 0 Å². The highest BCUT2D eigenvalue weighted by Gasteiger charge is 2.21. The Balaban J connectivity index is 2.43. The van der Waals surface area contributed by atoms with E-state index in [1.807, 2.05) is 0 Å². The maximum Gasteiger partial charge on any atom is 0.0814 e. The van der Waals surface area contributed by atoms with Gasteiger partial charge in [-0.2, -0.15) is 5.26 Å². The number of hydrogen-bond donors (Lipinski definition) is 0. The van der Waals surface area contributed by atoms with Crippen LogP contribution in [0.2, 0.25) is 20.1 Å². The smallest absolute Gasteiger partial charge is 0.0814 e. The van der Waals surface area contributed by atoms with Gasteiger partial charge < -0.3 is 0 Å². The van der Waals surface area contributed by atoms with E-state index in [1.54, 1.807) is 48.7 Å². The highest BCUT2D eigenvalue weighted by Crippen LogP contribution is 2.44. The molecule has 0 bridgehead atoms. The first-order chi connectivity index (χ1) is 12.0. The molecule has 0 saturated heterocycles. The number of nitrogens with zero attached hydrogens (tertiary/aromatic N) is 2. The Labute approximate surface area is 165 Å². The summed E-state index contributed by atoms with van der Waals surface area (Å²) in [6, 6.07) is 14.4. The lowest BCUT2D eigenvalue weighted by Crippen LogP contribution is -1.98. The van der Waals surface area contributed by atoms with Gasteiger partial charge in [0.15, 0.2) is 0 Å². The summed E-state index contributed by atoms with van der Waals surface area (Å²) in [5.74, 6) is 0. The normalized spacial score (nSPS) is 10.5. The third-order valence-electron chi connectivity index (χ3n) is 3.72. The van der Waals surface area contributed by atoms with Crippen molar-refractivity contribution in [1.29, 1.82) is 5.26 Å². The minimum atomic E-state index is 0.175. The Morgan fingerprint density at radius 1 is 0.760 bits per heavy atom. The highest BCUT2D eigenvalue weighted by atomic mass is 35.5. The molecule has 3 rings (SSSR count). The molecule has 25 heavy (non-hydrogen) atoms. The molecule has 0 fully saturated rings. The van der Waals surface area contributed by atoms with Crippen molar-refractivity contribution in [1.82, 2.24) is 4.98 Å². The van der Waals surface area contributed by atoms with Crippen LogP contribution >= 0.6 is 46.4 Å². The van der Waals surface area contributed by atoms with Crippen molar-refractivity contribution in [2.75, 3.05) is 0 Å². The lowest BCUT2D eigenvalue weighted by molar-refractivity contribution is 1.22. The summed E-state index contributed by atoms with van der Waals surface area (Å²) in [4.78, 5) is 4.48. The topological polar surface area (TPSA) is 36.7 Å². The van der Waals surface area contributed by atoms with E-state index in [2.05, 4.69) is 11.1 Å². The van der Waals surface area contributed by atoms with Crippen molar-refractivity contribution in [2.45, 2.75) is 6.42 Å². The minimum Gasteiger partial charge on any atom is -0.255 e. The molecule has 1 aromatic heterocycles. The van der Waals surface area contributed by atoms with Crippen LogP contribution in [0.5, 0.6) is 0 Å². The molecule has 0 aliphatic carbocycles. The van der Waals surface area contributed by atoms with Crippen LogP contribution in [0.4, 0.5) is 0 Å². The molecular weight excluding hydrogens is 398 g/mol. The van der Waals surface area contributed by atoms with E-state index in [0.29, 0.717) is 42.5 Å². The molecule has 0 saturated carbocycles. The molecule has 0 atom stereocenters. The highest BCUT2D eigenvalue weighted by molar-refractivity contribution is 6.41. The molecule has 0 unspecified atom stereocenters. The van der Waals surface area contributed by atoms with Gasteiger partial charge in [-0.1, -0.05) is 58.5 Å². The summed E-state index contributed by atoms with van der Waals surface area (Å²) in [6.45, 7) is 0. The van der Waals surface area contributed by atoms with Gasteiger partial charge in [0.25, 0.3) is 0 Å². The molecule has 0 radical (unpaired) electrons. The number of hydrogen-bond acceptors (Lipinski definition) is 2. The van der Waals surface area contributed by atoms with Crippen LogP contribution in [0.15, 0.2) is 48.7 Å². The molecular formula is C19H10Cl4N2. The summed E-state index contributed by atoms with van der Waals surface area (Å²) < 4.78 is 0. The number of pyridine rings is 1. The van der Waals surface area contributed by atoms with Gasteiger partial charge in [-0.05, 0) is 35.9 Å².